The number of aromatic hydroxyl groups is 1. The second kappa shape index (κ2) is 6.61. The number of hydrogen-bond donors (Lipinski definition) is 1. The molecule has 1 heterocycles. The Morgan fingerprint density at radius 1 is 1.21 bits per heavy atom. The molecule has 2 aliphatic rings. The number of phenols is 1. The van der Waals surface area contributed by atoms with Gasteiger partial charge in [-0.3, -0.25) is 14.5 Å². The number of phenolic OH excluding ortho intramolecular Hbond substituents is 1. The zero-order valence-electron chi connectivity index (χ0n) is 14.7. The minimum absolute atomic E-state index is 0.00650. The quantitative estimate of drug-likeness (QED) is 0.389. The predicted molar refractivity (Wildman–Crippen MR) is 114 cm³/mol. The van der Waals surface area contributed by atoms with Gasteiger partial charge in [0, 0.05) is 16.9 Å². The van der Waals surface area contributed by atoms with Gasteiger partial charge in [-0.25, -0.2) is 0 Å². The van der Waals surface area contributed by atoms with Gasteiger partial charge in [-0.15, -0.1) is 23.2 Å². The maximum absolute atomic E-state index is 13.2. The molecule has 1 fully saturated rings. The standard InChI is InChI=1S/C21H16BrCl2NO3/c1-2-12-9-10-20(23)18(27)25(11-22)19(28)21(20,24)16(12)15-8-7-13-5-3-4-6-14(13)17(15)26/h2-9,16,26H,1,10-11H2/t16-,20-,21+/m1/s1. The van der Waals surface area contributed by atoms with Crippen LogP contribution >= 0.6 is 39.1 Å². The molecular formula is C21H16BrCl2NO3. The summed E-state index contributed by atoms with van der Waals surface area (Å²) in [6.45, 7) is 3.83. The molecule has 0 aromatic heterocycles. The number of halogens is 3. The highest BCUT2D eigenvalue weighted by Crippen LogP contribution is 2.60. The third-order valence-electron chi connectivity index (χ3n) is 5.67. The van der Waals surface area contributed by atoms with Crippen molar-refractivity contribution in [2.75, 3.05) is 5.45 Å². The van der Waals surface area contributed by atoms with Crippen LogP contribution in [0.1, 0.15) is 17.9 Å². The number of amides is 2. The molecule has 0 bridgehead atoms. The lowest BCUT2D eigenvalue weighted by Crippen LogP contribution is -2.54. The van der Waals surface area contributed by atoms with Crippen molar-refractivity contribution < 1.29 is 14.7 Å². The van der Waals surface area contributed by atoms with Crippen molar-refractivity contribution in [3.8, 4) is 5.75 Å². The van der Waals surface area contributed by atoms with Crippen molar-refractivity contribution in [2.45, 2.75) is 22.1 Å². The van der Waals surface area contributed by atoms with Crippen LogP contribution in [0.3, 0.4) is 0 Å². The predicted octanol–water partition coefficient (Wildman–Crippen LogP) is 4.82. The number of alkyl halides is 3. The summed E-state index contributed by atoms with van der Waals surface area (Å²) in [4.78, 5) is 23.8. The van der Waals surface area contributed by atoms with Gasteiger partial charge in [0.2, 0.25) is 0 Å². The van der Waals surface area contributed by atoms with Crippen molar-refractivity contribution in [1.82, 2.24) is 4.90 Å². The van der Waals surface area contributed by atoms with E-state index in [-0.39, 0.29) is 17.6 Å². The lowest BCUT2D eigenvalue weighted by molar-refractivity contribution is -0.138. The fraction of sp³-hybridized carbons (Fsp3) is 0.238. The van der Waals surface area contributed by atoms with Crippen LogP contribution < -0.4 is 0 Å². The molecule has 0 spiro atoms. The fourth-order valence-corrected chi connectivity index (χ4v) is 5.56. The van der Waals surface area contributed by atoms with Crippen LogP contribution in [-0.4, -0.2) is 37.0 Å². The van der Waals surface area contributed by atoms with Crippen LogP contribution in [0.15, 0.2) is 60.7 Å². The molecule has 0 radical (unpaired) electrons. The van der Waals surface area contributed by atoms with Gasteiger partial charge in [0.15, 0.2) is 9.75 Å². The van der Waals surface area contributed by atoms with E-state index in [1.54, 1.807) is 24.3 Å². The Morgan fingerprint density at radius 2 is 1.93 bits per heavy atom. The number of likely N-dealkylation sites (tertiary alicyclic amines) is 1. The first kappa shape index (κ1) is 19.5. The number of carbonyl (C=O) groups is 2. The molecule has 4 rings (SSSR count). The van der Waals surface area contributed by atoms with Gasteiger partial charge >= 0.3 is 0 Å². The second-order valence-electron chi connectivity index (χ2n) is 6.94. The summed E-state index contributed by atoms with van der Waals surface area (Å²) < 4.78 is 0. The number of benzene rings is 2. The summed E-state index contributed by atoms with van der Waals surface area (Å²) in [5.41, 5.74) is 1.07. The zero-order valence-corrected chi connectivity index (χ0v) is 17.8. The number of carbonyl (C=O) groups excluding carboxylic acids is 2. The van der Waals surface area contributed by atoms with E-state index in [1.807, 2.05) is 24.3 Å². The summed E-state index contributed by atoms with van der Waals surface area (Å²) >= 11 is 16.9. The van der Waals surface area contributed by atoms with Gasteiger partial charge in [-0.2, -0.15) is 0 Å². The molecule has 0 unspecified atom stereocenters. The van der Waals surface area contributed by atoms with E-state index in [4.69, 9.17) is 23.2 Å². The van der Waals surface area contributed by atoms with Crippen molar-refractivity contribution >= 4 is 61.7 Å². The summed E-state index contributed by atoms with van der Waals surface area (Å²) in [7, 11) is 0. The zero-order chi connectivity index (χ0) is 20.3. The SMILES string of the molecule is C=CC1=CC[C@@]2(Cl)C(=O)N(CBr)C(=O)[C@@]2(Cl)[C@H]1c1ccc2ccccc2c1O. The lowest BCUT2D eigenvalue weighted by Gasteiger charge is -2.42. The maximum atomic E-state index is 13.2. The van der Waals surface area contributed by atoms with E-state index in [1.165, 1.54) is 0 Å². The number of hydrogen-bond acceptors (Lipinski definition) is 3. The first-order chi connectivity index (χ1) is 13.3. The normalized spacial score (nSPS) is 29.8. The average molecular weight is 481 g/mol. The van der Waals surface area contributed by atoms with E-state index in [9.17, 15) is 14.7 Å². The molecule has 0 saturated carbocycles. The first-order valence-corrected chi connectivity index (χ1v) is 10.5. The molecule has 2 aromatic carbocycles. The molecular weight excluding hydrogens is 465 g/mol. The van der Waals surface area contributed by atoms with E-state index < -0.39 is 27.5 Å². The Morgan fingerprint density at radius 3 is 2.61 bits per heavy atom. The summed E-state index contributed by atoms with van der Waals surface area (Å²) in [6.07, 6.45) is 3.45. The summed E-state index contributed by atoms with van der Waals surface area (Å²) in [6, 6.07) is 10.9. The van der Waals surface area contributed by atoms with Crippen LogP contribution in [0.5, 0.6) is 5.75 Å². The number of allylic oxidation sites excluding steroid dienone is 3. The smallest absolute Gasteiger partial charge is 0.254 e. The van der Waals surface area contributed by atoms with Crippen molar-refractivity contribution in [1.29, 1.82) is 0 Å². The maximum Gasteiger partial charge on any atom is 0.254 e. The van der Waals surface area contributed by atoms with Crippen LogP contribution in [0.25, 0.3) is 10.8 Å². The Labute approximate surface area is 180 Å². The molecule has 3 atom stereocenters. The van der Waals surface area contributed by atoms with Crippen LogP contribution in [0.4, 0.5) is 0 Å². The number of fused-ring (bicyclic) bond motifs is 2. The van der Waals surface area contributed by atoms with Crippen LogP contribution in [-0.2, 0) is 9.59 Å². The highest BCUT2D eigenvalue weighted by Gasteiger charge is 2.72. The molecule has 1 aliphatic heterocycles. The fourth-order valence-electron chi connectivity index (χ4n) is 4.23. The summed E-state index contributed by atoms with van der Waals surface area (Å²) in [5, 5.41) is 12.5. The van der Waals surface area contributed by atoms with E-state index in [2.05, 4.69) is 22.5 Å². The molecule has 2 aromatic rings. The Balaban J connectivity index is 2.01. The average Bonchev–Trinajstić information content (AvgIpc) is 2.85. The highest BCUT2D eigenvalue weighted by atomic mass is 79.9. The van der Waals surface area contributed by atoms with Gasteiger partial charge in [-0.05, 0) is 17.4 Å². The molecule has 7 heteroatoms. The van der Waals surface area contributed by atoms with Gasteiger partial charge in [0.05, 0.1) is 5.45 Å². The largest absolute Gasteiger partial charge is 0.507 e. The lowest BCUT2D eigenvalue weighted by atomic mass is 9.68. The van der Waals surface area contributed by atoms with E-state index in [0.717, 1.165) is 10.3 Å². The minimum atomic E-state index is -1.78. The highest BCUT2D eigenvalue weighted by molar-refractivity contribution is 9.09. The van der Waals surface area contributed by atoms with E-state index >= 15 is 0 Å². The van der Waals surface area contributed by atoms with Gasteiger partial charge < -0.3 is 5.11 Å². The minimum Gasteiger partial charge on any atom is -0.507 e. The van der Waals surface area contributed by atoms with Gasteiger partial charge in [0.25, 0.3) is 11.8 Å². The van der Waals surface area contributed by atoms with Crippen LogP contribution in [0.2, 0.25) is 0 Å². The molecule has 1 saturated heterocycles. The Hall–Kier alpha value is -1.82. The second-order valence-corrected chi connectivity index (χ2v) is 8.68. The molecule has 1 aliphatic carbocycles. The number of rotatable bonds is 3. The third kappa shape index (κ3) is 2.30. The molecule has 4 nitrogen and oxygen atoms in total. The Kier molecular flexibility index (Phi) is 4.60. The monoisotopic (exact) mass is 479 g/mol. The Bertz CT molecular complexity index is 1070. The van der Waals surface area contributed by atoms with E-state index in [0.29, 0.717) is 16.5 Å². The molecule has 2 amide bonds. The van der Waals surface area contributed by atoms with Crippen LogP contribution in [0, 0.1) is 0 Å². The first-order valence-electron chi connectivity index (χ1n) is 8.64. The van der Waals surface area contributed by atoms with Crippen molar-refractivity contribution in [3.63, 3.8) is 0 Å². The third-order valence-corrected chi connectivity index (χ3v) is 7.58. The molecule has 1 N–H and O–H groups in total. The number of nitrogens with zero attached hydrogens (tertiary/aromatic N) is 1. The van der Waals surface area contributed by atoms with Crippen molar-refractivity contribution in [2.24, 2.45) is 0 Å². The van der Waals surface area contributed by atoms with Crippen molar-refractivity contribution in [3.05, 3.63) is 66.3 Å². The summed E-state index contributed by atoms with van der Waals surface area (Å²) in [5.74, 6) is -1.95. The number of imide groups is 1. The van der Waals surface area contributed by atoms with Gasteiger partial charge in [0.1, 0.15) is 5.75 Å². The van der Waals surface area contributed by atoms with Gasteiger partial charge in [-0.1, -0.05) is 71.1 Å². The molecule has 144 valence electrons. The topological polar surface area (TPSA) is 57.6 Å². The molecule has 28 heavy (non-hydrogen) atoms.